The van der Waals surface area contributed by atoms with Crippen molar-refractivity contribution in [2.24, 2.45) is 0 Å². The molecule has 0 bridgehead atoms. The van der Waals surface area contributed by atoms with E-state index < -0.39 is 6.04 Å². The molecule has 0 fully saturated rings. The second-order valence-electron chi connectivity index (χ2n) is 10.6. The van der Waals surface area contributed by atoms with Gasteiger partial charge in [-0.25, -0.2) is 0 Å². The van der Waals surface area contributed by atoms with Gasteiger partial charge in [-0.2, -0.15) is 0 Å². The Balaban J connectivity index is 1.87. The monoisotopic (exact) mass is 518 g/mol. The molecule has 5 heteroatoms. The fraction of sp³-hybridized carbons (Fsp3) is 0.375. The Morgan fingerprint density at radius 1 is 0.892 bits per heavy atom. The van der Waals surface area contributed by atoms with Gasteiger partial charge >= 0.3 is 0 Å². The summed E-state index contributed by atoms with van der Waals surface area (Å²) in [4.78, 5) is 28.9. The summed E-state index contributed by atoms with van der Waals surface area (Å²) in [6.07, 6.45) is 2.18. The van der Waals surface area contributed by atoms with Crippen molar-refractivity contribution in [3.63, 3.8) is 0 Å². The summed E-state index contributed by atoms with van der Waals surface area (Å²) < 4.78 is 0. The standard InChI is InChI=1S/C32H39ClN2O2/c1-5-21-34-31(37)29(22-25-11-7-6-8-12-25)35(23-26-13-9-10-14-28(26)33)30(36)20-17-24-15-18-27(19-16-24)32(2,3)4/h6-16,18-19,29H,5,17,20-23H2,1-4H3,(H,34,37)/t29-/m1/s1. The van der Waals surface area contributed by atoms with Gasteiger partial charge < -0.3 is 10.2 Å². The van der Waals surface area contributed by atoms with Crippen molar-refractivity contribution in [3.8, 4) is 0 Å². The normalized spacial score (nSPS) is 12.1. The molecule has 3 aromatic rings. The Hall–Kier alpha value is -3.11. The van der Waals surface area contributed by atoms with Crippen LogP contribution in [0.1, 0.15) is 62.8 Å². The van der Waals surface area contributed by atoms with Gasteiger partial charge in [0.25, 0.3) is 0 Å². The number of rotatable bonds is 11. The van der Waals surface area contributed by atoms with E-state index in [1.807, 2.05) is 61.5 Å². The molecule has 0 aliphatic heterocycles. The average Bonchev–Trinajstić information content (AvgIpc) is 2.89. The number of hydrogen-bond donors (Lipinski definition) is 1. The molecule has 4 nitrogen and oxygen atoms in total. The third-order valence-electron chi connectivity index (χ3n) is 6.57. The number of benzene rings is 3. The van der Waals surface area contributed by atoms with Crippen LogP contribution in [0.15, 0.2) is 78.9 Å². The fourth-order valence-electron chi connectivity index (χ4n) is 4.30. The molecule has 37 heavy (non-hydrogen) atoms. The maximum absolute atomic E-state index is 13.8. The summed E-state index contributed by atoms with van der Waals surface area (Å²) in [5, 5.41) is 3.61. The smallest absolute Gasteiger partial charge is 0.243 e. The van der Waals surface area contributed by atoms with Crippen molar-refractivity contribution in [2.45, 2.75) is 71.4 Å². The lowest BCUT2D eigenvalue weighted by Gasteiger charge is -2.32. The van der Waals surface area contributed by atoms with Gasteiger partial charge in [0.15, 0.2) is 0 Å². The van der Waals surface area contributed by atoms with Gasteiger partial charge in [0.2, 0.25) is 11.8 Å². The van der Waals surface area contributed by atoms with Crippen LogP contribution in [0, 0.1) is 0 Å². The summed E-state index contributed by atoms with van der Waals surface area (Å²) >= 11 is 6.49. The van der Waals surface area contributed by atoms with E-state index in [0.29, 0.717) is 30.8 Å². The zero-order chi connectivity index (χ0) is 26.8. The predicted octanol–water partition coefficient (Wildman–Crippen LogP) is 6.74. The first-order valence-corrected chi connectivity index (χ1v) is 13.5. The molecule has 1 N–H and O–H groups in total. The van der Waals surface area contributed by atoms with Gasteiger partial charge in [-0.05, 0) is 46.6 Å². The Morgan fingerprint density at radius 2 is 1.54 bits per heavy atom. The van der Waals surface area contributed by atoms with Crippen LogP contribution in [-0.2, 0) is 34.4 Å². The lowest BCUT2D eigenvalue weighted by Crippen LogP contribution is -2.50. The zero-order valence-electron chi connectivity index (χ0n) is 22.5. The van der Waals surface area contributed by atoms with Gasteiger partial charge in [-0.3, -0.25) is 9.59 Å². The van der Waals surface area contributed by atoms with Gasteiger partial charge in [0.05, 0.1) is 0 Å². The summed E-state index contributed by atoms with van der Waals surface area (Å²) in [7, 11) is 0. The van der Waals surface area contributed by atoms with E-state index in [4.69, 9.17) is 11.6 Å². The van der Waals surface area contributed by atoms with Gasteiger partial charge in [0, 0.05) is 31.0 Å². The Labute approximate surface area is 227 Å². The summed E-state index contributed by atoms with van der Waals surface area (Å²) in [5.41, 5.74) is 4.28. The first-order valence-electron chi connectivity index (χ1n) is 13.1. The number of carbonyl (C=O) groups is 2. The highest BCUT2D eigenvalue weighted by Crippen LogP contribution is 2.24. The highest BCUT2D eigenvalue weighted by molar-refractivity contribution is 6.31. The van der Waals surface area contributed by atoms with Crippen LogP contribution in [0.5, 0.6) is 0 Å². The average molecular weight is 519 g/mol. The molecule has 2 amide bonds. The van der Waals surface area contributed by atoms with E-state index in [2.05, 4.69) is 50.4 Å². The van der Waals surface area contributed by atoms with Crippen LogP contribution in [0.4, 0.5) is 0 Å². The molecule has 0 aromatic heterocycles. The molecule has 196 valence electrons. The molecule has 3 rings (SSSR count). The number of halogens is 1. The molecule has 1 atom stereocenters. The van der Waals surface area contributed by atoms with Crippen molar-refractivity contribution in [1.82, 2.24) is 10.2 Å². The third kappa shape index (κ3) is 8.46. The Bertz CT molecular complexity index is 1150. The molecule has 0 aliphatic rings. The van der Waals surface area contributed by atoms with Crippen molar-refractivity contribution in [1.29, 1.82) is 0 Å². The molecule has 0 saturated heterocycles. The van der Waals surface area contributed by atoms with Crippen LogP contribution in [0.25, 0.3) is 0 Å². The number of carbonyl (C=O) groups excluding carboxylic acids is 2. The molecule has 0 radical (unpaired) electrons. The van der Waals surface area contributed by atoms with Crippen molar-refractivity contribution >= 4 is 23.4 Å². The molecule has 0 saturated carbocycles. The lowest BCUT2D eigenvalue weighted by atomic mass is 9.86. The summed E-state index contributed by atoms with van der Waals surface area (Å²) in [6, 6.07) is 25.2. The molecular weight excluding hydrogens is 480 g/mol. The fourth-order valence-corrected chi connectivity index (χ4v) is 4.49. The van der Waals surface area contributed by atoms with E-state index in [0.717, 1.165) is 23.1 Å². The van der Waals surface area contributed by atoms with Crippen LogP contribution >= 0.6 is 11.6 Å². The summed E-state index contributed by atoms with van der Waals surface area (Å²) in [5.74, 6) is -0.201. The molecule has 0 aliphatic carbocycles. The minimum absolute atomic E-state index is 0.0626. The highest BCUT2D eigenvalue weighted by Gasteiger charge is 2.30. The quantitative estimate of drug-likeness (QED) is 0.305. The summed E-state index contributed by atoms with van der Waals surface area (Å²) in [6.45, 7) is 9.43. The number of nitrogens with zero attached hydrogens (tertiary/aromatic N) is 1. The molecule has 0 spiro atoms. The van der Waals surface area contributed by atoms with Gasteiger partial charge in [-0.15, -0.1) is 0 Å². The van der Waals surface area contributed by atoms with Crippen molar-refractivity contribution in [2.75, 3.05) is 6.54 Å². The predicted molar refractivity (Wildman–Crippen MR) is 153 cm³/mol. The first-order chi connectivity index (χ1) is 17.7. The molecular formula is C32H39ClN2O2. The minimum Gasteiger partial charge on any atom is -0.354 e. The Kier molecular flexibility index (Phi) is 10.3. The van der Waals surface area contributed by atoms with Crippen LogP contribution in [0.3, 0.4) is 0 Å². The maximum atomic E-state index is 13.8. The van der Waals surface area contributed by atoms with Crippen LogP contribution in [-0.4, -0.2) is 29.3 Å². The SMILES string of the molecule is CCCNC(=O)[C@@H](Cc1ccccc1)N(Cc1ccccc1Cl)C(=O)CCc1ccc(C(C)(C)C)cc1. The van der Waals surface area contributed by atoms with E-state index in [1.54, 1.807) is 4.90 Å². The van der Waals surface area contributed by atoms with Gasteiger partial charge in [-0.1, -0.05) is 112 Å². The van der Waals surface area contributed by atoms with E-state index in [1.165, 1.54) is 5.56 Å². The third-order valence-corrected chi connectivity index (χ3v) is 6.94. The second kappa shape index (κ2) is 13.4. The lowest BCUT2D eigenvalue weighted by molar-refractivity contribution is -0.141. The van der Waals surface area contributed by atoms with E-state index >= 15 is 0 Å². The van der Waals surface area contributed by atoms with E-state index in [9.17, 15) is 9.59 Å². The van der Waals surface area contributed by atoms with Crippen molar-refractivity contribution in [3.05, 3.63) is 106 Å². The number of amides is 2. The number of nitrogens with one attached hydrogen (secondary N) is 1. The first kappa shape index (κ1) is 28.5. The molecule has 3 aromatic carbocycles. The number of aryl methyl sites for hydroxylation is 1. The molecule has 0 heterocycles. The highest BCUT2D eigenvalue weighted by atomic mass is 35.5. The topological polar surface area (TPSA) is 49.4 Å². The molecule has 0 unspecified atom stereocenters. The van der Waals surface area contributed by atoms with Gasteiger partial charge in [0.1, 0.15) is 6.04 Å². The maximum Gasteiger partial charge on any atom is 0.243 e. The van der Waals surface area contributed by atoms with Crippen LogP contribution in [0.2, 0.25) is 5.02 Å². The van der Waals surface area contributed by atoms with E-state index in [-0.39, 0.29) is 23.8 Å². The largest absolute Gasteiger partial charge is 0.354 e. The zero-order valence-corrected chi connectivity index (χ0v) is 23.2. The van der Waals surface area contributed by atoms with Crippen LogP contribution < -0.4 is 5.32 Å². The minimum atomic E-state index is -0.638. The van der Waals surface area contributed by atoms with Crippen molar-refractivity contribution < 1.29 is 9.59 Å². The second-order valence-corrected chi connectivity index (χ2v) is 11.0. The number of hydrogen-bond acceptors (Lipinski definition) is 2. The Morgan fingerprint density at radius 3 is 2.16 bits per heavy atom.